The molecule has 11 heteroatoms. The maximum absolute atomic E-state index is 13.6. The maximum atomic E-state index is 13.6. The van der Waals surface area contributed by atoms with Crippen LogP contribution in [0.1, 0.15) is 48.2 Å². The van der Waals surface area contributed by atoms with Crippen LogP contribution in [0.5, 0.6) is 0 Å². The van der Waals surface area contributed by atoms with Gasteiger partial charge in [-0.05, 0) is 23.8 Å². The Morgan fingerprint density at radius 1 is 1.12 bits per heavy atom. The van der Waals surface area contributed by atoms with Crippen LogP contribution in [-0.2, 0) is 18.1 Å². The monoisotopic (exact) mass is 460 g/mol. The fourth-order valence-corrected chi connectivity index (χ4v) is 3.20. The van der Waals surface area contributed by atoms with Crippen LogP contribution in [0.2, 0.25) is 0 Å². The Bertz CT molecular complexity index is 1330. The van der Waals surface area contributed by atoms with E-state index in [0.717, 1.165) is 6.07 Å². The van der Waals surface area contributed by atoms with E-state index in [1.807, 2.05) is 0 Å². The molecule has 0 atom stereocenters. The quantitative estimate of drug-likeness (QED) is 0.449. The largest absolute Gasteiger partial charge is 0.433 e. The number of halogens is 4. The highest BCUT2D eigenvalue weighted by Gasteiger charge is 2.36. The molecule has 7 nitrogen and oxygen atoms in total. The molecule has 0 radical (unpaired) electrons. The number of carbonyl (C=O) groups is 1. The van der Waals surface area contributed by atoms with E-state index >= 15 is 0 Å². The maximum Gasteiger partial charge on any atom is 0.433 e. The van der Waals surface area contributed by atoms with E-state index in [1.54, 1.807) is 32.9 Å². The summed E-state index contributed by atoms with van der Waals surface area (Å²) in [5.74, 6) is -1.09. The third kappa shape index (κ3) is 4.86. The lowest BCUT2D eigenvalue weighted by molar-refractivity contribution is -0.142. The second-order valence-electron chi connectivity index (χ2n) is 8.58. The van der Waals surface area contributed by atoms with Gasteiger partial charge in [-0.2, -0.15) is 23.4 Å². The average Bonchev–Trinajstić information content (AvgIpc) is 3.32. The number of amides is 1. The van der Waals surface area contributed by atoms with Crippen LogP contribution < -0.4 is 5.32 Å². The fourth-order valence-electron chi connectivity index (χ4n) is 3.20. The van der Waals surface area contributed by atoms with E-state index in [4.69, 9.17) is 0 Å². The van der Waals surface area contributed by atoms with Gasteiger partial charge in [0.2, 0.25) is 0 Å². The van der Waals surface area contributed by atoms with Crippen molar-refractivity contribution in [3.8, 4) is 0 Å². The first-order valence-electron chi connectivity index (χ1n) is 9.97. The Labute approximate surface area is 186 Å². The fraction of sp³-hybridized carbons (Fsp3) is 0.273. The van der Waals surface area contributed by atoms with Crippen LogP contribution in [0.15, 0.2) is 48.8 Å². The minimum Gasteiger partial charge on any atom is -0.318 e. The van der Waals surface area contributed by atoms with Crippen molar-refractivity contribution in [2.24, 2.45) is 0 Å². The minimum atomic E-state index is -4.68. The predicted molar refractivity (Wildman–Crippen MR) is 112 cm³/mol. The van der Waals surface area contributed by atoms with Gasteiger partial charge >= 0.3 is 6.18 Å². The number of hydrogen-bond acceptors (Lipinski definition) is 4. The van der Waals surface area contributed by atoms with Gasteiger partial charge in [-0.25, -0.2) is 13.9 Å². The number of rotatable bonds is 4. The highest BCUT2D eigenvalue weighted by Crippen LogP contribution is 2.32. The topological polar surface area (TPSA) is 77.1 Å². The van der Waals surface area contributed by atoms with Crippen molar-refractivity contribution in [3.05, 3.63) is 77.3 Å². The molecule has 4 aromatic rings. The molecule has 1 amide bonds. The third-order valence-electron chi connectivity index (χ3n) is 4.84. The predicted octanol–water partition coefficient (Wildman–Crippen LogP) is 4.68. The average molecular weight is 460 g/mol. The Kier molecular flexibility index (Phi) is 5.43. The zero-order chi connectivity index (χ0) is 24.0. The number of nitrogens with one attached hydrogen (secondary N) is 1. The molecule has 172 valence electrons. The first kappa shape index (κ1) is 22.4. The first-order valence-corrected chi connectivity index (χ1v) is 9.97. The van der Waals surface area contributed by atoms with Crippen LogP contribution >= 0.6 is 0 Å². The first-order chi connectivity index (χ1) is 15.4. The molecule has 0 aliphatic heterocycles. The lowest BCUT2D eigenvalue weighted by Gasteiger charge is -2.19. The molecule has 33 heavy (non-hydrogen) atoms. The molecule has 0 unspecified atom stereocenters. The second-order valence-corrected chi connectivity index (χ2v) is 8.58. The number of carbonyl (C=O) groups excluding carboxylic acids is 1. The van der Waals surface area contributed by atoms with Gasteiger partial charge in [-0.15, -0.1) is 0 Å². The molecular weight excluding hydrogens is 440 g/mol. The summed E-state index contributed by atoms with van der Waals surface area (Å²) in [6.07, 6.45) is -1.78. The van der Waals surface area contributed by atoms with Crippen LogP contribution in [0.3, 0.4) is 0 Å². The van der Waals surface area contributed by atoms with Crippen molar-refractivity contribution in [3.63, 3.8) is 0 Å². The van der Waals surface area contributed by atoms with Crippen LogP contribution in [-0.4, -0.2) is 30.3 Å². The molecule has 1 aromatic carbocycles. The van der Waals surface area contributed by atoms with E-state index in [-0.39, 0.29) is 29.4 Å². The number of nitrogens with zero attached hydrogens (tertiary/aromatic N) is 5. The Morgan fingerprint density at radius 2 is 1.88 bits per heavy atom. The van der Waals surface area contributed by atoms with E-state index in [1.165, 1.54) is 35.3 Å². The van der Waals surface area contributed by atoms with Crippen molar-refractivity contribution < 1.29 is 22.4 Å². The van der Waals surface area contributed by atoms with Gasteiger partial charge in [-0.1, -0.05) is 32.9 Å². The van der Waals surface area contributed by atoms with Gasteiger partial charge in [-0.3, -0.25) is 9.48 Å². The number of alkyl halides is 3. The normalized spacial score (nSPS) is 12.3. The van der Waals surface area contributed by atoms with E-state index < -0.39 is 23.2 Å². The van der Waals surface area contributed by atoms with Gasteiger partial charge in [0.15, 0.2) is 11.3 Å². The van der Waals surface area contributed by atoms with E-state index in [0.29, 0.717) is 15.8 Å². The molecule has 0 spiro atoms. The summed E-state index contributed by atoms with van der Waals surface area (Å²) in [5.41, 5.74) is -0.736. The second kappa shape index (κ2) is 7.98. The van der Waals surface area contributed by atoms with Crippen molar-refractivity contribution in [2.45, 2.75) is 38.9 Å². The zero-order valence-electron chi connectivity index (χ0n) is 18.0. The van der Waals surface area contributed by atoms with Crippen LogP contribution in [0, 0.1) is 5.82 Å². The van der Waals surface area contributed by atoms with E-state index in [9.17, 15) is 22.4 Å². The van der Waals surface area contributed by atoms with Gasteiger partial charge in [0.1, 0.15) is 11.5 Å². The standard InChI is InChI=1S/C22H20F4N6O/c1-21(2,3)17-9-18(22(24,25)26)32-19(29-17)8-16(30-32)20(33)28-15-10-27-31(12-15)11-13-5-4-6-14(23)7-13/h4-10,12H,11H2,1-3H3,(H,28,33). The van der Waals surface area contributed by atoms with Crippen molar-refractivity contribution in [1.29, 1.82) is 0 Å². The molecule has 0 aliphatic rings. The number of benzene rings is 1. The van der Waals surface area contributed by atoms with Gasteiger partial charge < -0.3 is 5.32 Å². The lowest BCUT2D eigenvalue weighted by Crippen LogP contribution is -2.20. The van der Waals surface area contributed by atoms with Crippen LogP contribution in [0.25, 0.3) is 5.65 Å². The van der Waals surface area contributed by atoms with Crippen molar-refractivity contribution in [2.75, 3.05) is 5.32 Å². The Morgan fingerprint density at radius 3 is 2.55 bits per heavy atom. The molecule has 0 fully saturated rings. The van der Waals surface area contributed by atoms with Gasteiger partial charge in [0.05, 0.1) is 24.1 Å². The lowest BCUT2D eigenvalue weighted by atomic mass is 9.91. The minimum absolute atomic E-state index is 0.0818. The SMILES string of the molecule is CC(C)(C)c1cc(C(F)(F)F)n2nc(C(=O)Nc3cnn(Cc4cccc(F)c4)c3)cc2n1. The molecular formula is C22H20F4N6O. The molecule has 1 N–H and O–H groups in total. The summed E-state index contributed by atoms with van der Waals surface area (Å²) in [4.78, 5) is 16.9. The number of fused-ring (bicyclic) bond motifs is 1. The summed E-state index contributed by atoms with van der Waals surface area (Å²) in [6.45, 7) is 5.52. The summed E-state index contributed by atoms with van der Waals surface area (Å²) in [7, 11) is 0. The van der Waals surface area contributed by atoms with Gasteiger partial charge in [0.25, 0.3) is 5.91 Å². The Balaban J connectivity index is 1.59. The smallest absolute Gasteiger partial charge is 0.318 e. The third-order valence-corrected chi connectivity index (χ3v) is 4.84. The number of hydrogen-bond donors (Lipinski definition) is 1. The van der Waals surface area contributed by atoms with Crippen molar-refractivity contribution in [1.82, 2.24) is 24.4 Å². The molecule has 0 saturated heterocycles. The summed E-state index contributed by atoms with van der Waals surface area (Å²) < 4.78 is 56.3. The zero-order valence-corrected chi connectivity index (χ0v) is 18.0. The molecule has 3 heterocycles. The van der Waals surface area contributed by atoms with E-state index in [2.05, 4.69) is 20.5 Å². The summed E-state index contributed by atoms with van der Waals surface area (Å²) in [6, 6.07) is 8.16. The number of anilines is 1. The number of aromatic nitrogens is 5. The molecule has 4 rings (SSSR count). The molecule has 0 saturated carbocycles. The highest BCUT2D eigenvalue weighted by atomic mass is 19.4. The highest BCUT2D eigenvalue weighted by molar-refractivity contribution is 6.03. The molecule has 0 bridgehead atoms. The van der Waals surface area contributed by atoms with Gasteiger partial charge in [0, 0.05) is 17.7 Å². The molecule has 3 aromatic heterocycles. The summed E-state index contributed by atoms with van der Waals surface area (Å²) in [5, 5.41) is 10.5. The van der Waals surface area contributed by atoms with Crippen molar-refractivity contribution >= 4 is 17.2 Å². The molecule has 0 aliphatic carbocycles. The summed E-state index contributed by atoms with van der Waals surface area (Å²) >= 11 is 0. The van der Waals surface area contributed by atoms with Crippen LogP contribution in [0.4, 0.5) is 23.2 Å². The Hall–Kier alpha value is -3.76.